The number of aliphatic hydroxyl groups is 1. The standard InChI is InChI=1S/C16H12BrClO2S/c1-20-16-11(6-9(18)7-13(16)17)15(19)12-8-21-14-5-3-2-4-10(12)14/h2-8,15,19H,1H3. The summed E-state index contributed by atoms with van der Waals surface area (Å²) in [6, 6.07) is 11.5. The maximum atomic E-state index is 10.8. The second-order valence-electron chi connectivity index (χ2n) is 4.60. The van der Waals surface area contributed by atoms with Crippen molar-refractivity contribution >= 4 is 49.0 Å². The second kappa shape index (κ2) is 5.97. The Balaban J connectivity index is 2.16. The van der Waals surface area contributed by atoms with Crippen LogP contribution in [0, 0.1) is 0 Å². The molecule has 108 valence electrons. The summed E-state index contributed by atoms with van der Waals surface area (Å²) < 4.78 is 7.27. The maximum absolute atomic E-state index is 10.8. The van der Waals surface area contributed by atoms with Gasteiger partial charge in [-0.3, -0.25) is 0 Å². The number of fused-ring (bicyclic) bond motifs is 1. The molecule has 0 aliphatic rings. The van der Waals surface area contributed by atoms with Crippen LogP contribution in [0.3, 0.4) is 0 Å². The molecule has 5 heteroatoms. The van der Waals surface area contributed by atoms with Gasteiger partial charge in [0.05, 0.1) is 11.6 Å². The van der Waals surface area contributed by atoms with Crippen molar-refractivity contribution in [3.63, 3.8) is 0 Å². The summed E-state index contributed by atoms with van der Waals surface area (Å²) in [5, 5.41) is 14.4. The average Bonchev–Trinajstić information content (AvgIpc) is 2.89. The topological polar surface area (TPSA) is 29.5 Å². The van der Waals surface area contributed by atoms with Crippen LogP contribution < -0.4 is 4.74 Å². The van der Waals surface area contributed by atoms with Gasteiger partial charge in [0.15, 0.2) is 0 Å². The maximum Gasteiger partial charge on any atom is 0.139 e. The third kappa shape index (κ3) is 2.69. The first-order valence-electron chi connectivity index (χ1n) is 6.29. The fourth-order valence-corrected chi connectivity index (χ4v) is 4.35. The fraction of sp³-hybridized carbons (Fsp3) is 0.125. The van der Waals surface area contributed by atoms with Gasteiger partial charge in [-0.2, -0.15) is 0 Å². The molecule has 0 fully saturated rings. The minimum absolute atomic E-state index is 0.552. The van der Waals surface area contributed by atoms with Crippen LogP contribution >= 0.6 is 38.9 Å². The van der Waals surface area contributed by atoms with Gasteiger partial charge in [0.1, 0.15) is 11.9 Å². The van der Waals surface area contributed by atoms with Crippen LogP contribution in [0.5, 0.6) is 5.75 Å². The van der Waals surface area contributed by atoms with E-state index >= 15 is 0 Å². The lowest BCUT2D eigenvalue weighted by atomic mass is 10.00. The number of hydrogen-bond donors (Lipinski definition) is 1. The van der Waals surface area contributed by atoms with E-state index in [1.807, 2.05) is 29.6 Å². The molecule has 0 aliphatic heterocycles. The largest absolute Gasteiger partial charge is 0.495 e. The normalized spacial score (nSPS) is 12.6. The first kappa shape index (κ1) is 14.9. The summed E-state index contributed by atoms with van der Waals surface area (Å²) in [6.45, 7) is 0. The lowest BCUT2D eigenvalue weighted by Crippen LogP contribution is -2.02. The van der Waals surface area contributed by atoms with Crippen LogP contribution in [0.1, 0.15) is 17.2 Å². The Hall–Kier alpha value is -1.07. The third-order valence-electron chi connectivity index (χ3n) is 3.34. The SMILES string of the molecule is COc1c(Br)cc(Cl)cc1C(O)c1csc2ccccc12. The molecule has 0 bridgehead atoms. The van der Waals surface area contributed by atoms with Crippen molar-refractivity contribution in [2.24, 2.45) is 0 Å². The first-order chi connectivity index (χ1) is 10.1. The number of thiophene rings is 1. The van der Waals surface area contributed by atoms with Gasteiger partial charge >= 0.3 is 0 Å². The Labute approximate surface area is 140 Å². The zero-order valence-electron chi connectivity index (χ0n) is 11.1. The highest BCUT2D eigenvalue weighted by molar-refractivity contribution is 9.10. The van der Waals surface area contributed by atoms with Gasteiger partial charge in [-0.05, 0) is 44.9 Å². The van der Waals surface area contributed by atoms with Gasteiger partial charge in [0, 0.05) is 20.8 Å². The molecule has 1 N–H and O–H groups in total. The van der Waals surface area contributed by atoms with Crippen molar-refractivity contribution in [2.75, 3.05) is 7.11 Å². The van der Waals surface area contributed by atoms with Gasteiger partial charge in [0.25, 0.3) is 0 Å². The Morgan fingerprint density at radius 1 is 1.24 bits per heavy atom. The van der Waals surface area contributed by atoms with Gasteiger partial charge in [-0.1, -0.05) is 29.8 Å². The number of halogens is 2. The van der Waals surface area contributed by atoms with Gasteiger partial charge in [0.2, 0.25) is 0 Å². The first-order valence-corrected chi connectivity index (χ1v) is 8.34. The number of methoxy groups -OCH3 is 1. The minimum atomic E-state index is -0.786. The predicted molar refractivity (Wildman–Crippen MR) is 91.6 cm³/mol. The number of aliphatic hydroxyl groups excluding tert-OH is 1. The molecular weight excluding hydrogens is 372 g/mol. The molecule has 3 rings (SSSR count). The Morgan fingerprint density at radius 3 is 2.76 bits per heavy atom. The molecule has 1 unspecified atom stereocenters. The molecule has 0 aliphatic carbocycles. The van der Waals surface area contributed by atoms with Crippen molar-refractivity contribution in [2.45, 2.75) is 6.10 Å². The van der Waals surface area contributed by atoms with Crippen LogP contribution in [0.15, 0.2) is 46.3 Å². The van der Waals surface area contributed by atoms with Crippen LogP contribution in [0.2, 0.25) is 5.02 Å². The smallest absolute Gasteiger partial charge is 0.139 e. The van der Waals surface area contributed by atoms with E-state index in [-0.39, 0.29) is 0 Å². The summed E-state index contributed by atoms with van der Waals surface area (Å²) >= 11 is 11.1. The van der Waals surface area contributed by atoms with Gasteiger partial charge < -0.3 is 9.84 Å². The molecule has 0 amide bonds. The average molecular weight is 384 g/mol. The zero-order valence-corrected chi connectivity index (χ0v) is 14.3. The second-order valence-corrected chi connectivity index (χ2v) is 6.80. The van der Waals surface area contributed by atoms with E-state index in [1.54, 1.807) is 30.6 Å². The van der Waals surface area contributed by atoms with E-state index in [0.29, 0.717) is 16.3 Å². The molecule has 0 saturated heterocycles. The van der Waals surface area contributed by atoms with Gasteiger partial charge in [-0.15, -0.1) is 11.3 Å². The van der Waals surface area contributed by atoms with Crippen molar-refractivity contribution in [1.82, 2.24) is 0 Å². The molecule has 0 radical (unpaired) electrons. The van der Waals surface area contributed by atoms with E-state index in [2.05, 4.69) is 15.9 Å². The summed E-state index contributed by atoms with van der Waals surface area (Å²) in [5.41, 5.74) is 1.52. The molecule has 0 saturated carbocycles. The van der Waals surface area contributed by atoms with E-state index in [4.69, 9.17) is 16.3 Å². The zero-order chi connectivity index (χ0) is 15.0. The van der Waals surface area contributed by atoms with Crippen molar-refractivity contribution in [1.29, 1.82) is 0 Å². The Morgan fingerprint density at radius 2 is 2.00 bits per heavy atom. The van der Waals surface area contributed by atoms with E-state index < -0.39 is 6.10 Å². The fourth-order valence-electron chi connectivity index (χ4n) is 2.38. The number of benzene rings is 2. The predicted octanol–water partition coefficient (Wildman–Crippen LogP) is 5.41. The summed E-state index contributed by atoms with van der Waals surface area (Å²) in [6.07, 6.45) is -0.786. The number of rotatable bonds is 3. The summed E-state index contributed by atoms with van der Waals surface area (Å²) in [4.78, 5) is 0. The number of hydrogen-bond acceptors (Lipinski definition) is 3. The number of ether oxygens (including phenoxy) is 1. The quantitative estimate of drug-likeness (QED) is 0.655. The molecule has 1 atom stereocenters. The lowest BCUT2D eigenvalue weighted by Gasteiger charge is -2.16. The molecule has 1 aromatic heterocycles. The summed E-state index contributed by atoms with van der Waals surface area (Å²) in [5.74, 6) is 0.599. The van der Waals surface area contributed by atoms with E-state index in [0.717, 1.165) is 20.1 Å². The molecule has 3 aromatic rings. The summed E-state index contributed by atoms with van der Waals surface area (Å²) in [7, 11) is 1.58. The minimum Gasteiger partial charge on any atom is -0.495 e. The lowest BCUT2D eigenvalue weighted by molar-refractivity contribution is 0.216. The van der Waals surface area contributed by atoms with E-state index in [9.17, 15) is 5.11 Å². The van der Waals surface area contributed by atoms with Crippen molar-refractivity contribution in [3.8, 4) is 5.75 Å². The Bertz CT molecular complexity index is 800. The van der Waals surface area contributed by atoms with Crippen LogP contribution in [-0.4, -0.2) is 12.2 Å². The highest BCUT2D eigenvalue weighted by atomic mass is 79.9. The van der Waals surface area contributed by atoms with E-state index in [1.165, 1.54) is 0 Å². The van der Waals surface area contributed by atoms with Crippen molar-refractivity contribution in [3.05, 3.63) is 62.4 Å². The Kier molecular flexibility index (Phi) is 4.22. The van der Waals surface area contributed by atoms with Crippen LogP contribution in [-0.2, 0) is 0 Å². The highest BCUT2D eigenvalue weighted by Gasteiger charge is 2.21. The van der Waals surface area contributed by atoms with Gasteiger partial charge in [-0.25, -0.2) is 0 Å². The third-order valence-corrected chi connectivity index (χ3v) is 5.13. The van der Waals surface area contributed by atoms with Crippen LogP contribution in [0.4, 0.5) is 0 Å². The molecule has 21 heavy (non-hydrogen) atoms. The molecule has 2 aromatic carbocycles. The highest BCUT2D eigenvalue weighted by Crippen LogP contribution is 2.41. The monoisotopic (exact) mass is 382 g/mol. The molecule has 2 nitrogen and oxygen atoms in total. The van der Waals surface area contributed by atoms with Crippen LogP contribution in [0.25, 0.3) is 10.1 Å². The molecule has 1 heterocycles. The van der Waals surface area contributed by atoms with Crippen molar-refractivity contribution < 1.29 is 9.84 Å². The molecule has 0 spiro atoms. The molecular formula is C16H12BrClO2S.